The number of nitrogens with zero attached hydrogens (tertiary/aromatic N) is 1. The third-order valence-electron chi connectivity index (χ3n) is 2.98. The first-order valence-electron chi connectivity index (χ1n) is 7.88. The molecule has 0 aromatic heterocycles. The maximum Gasteiger partial charge on any atom is 0.346 e. The summed E-state index contributed by atoms with van der Waals surface area (Å²) < 4.78 is 1.04. The van der Waals surface area contributed by atoms with E-state index in [1.54, 1.807) is 6.92 Å². The Labute approximate surface area is 158 Å². The summed E-state index contributed by atoms with van der Waals surface area (Å²) in [5, 5.41) is 11.6. The number of hydrazine groups is 1. The van der Waals surface area contributed by atoms with Crippen LogP contribution in [0.5, 0.6) is 0 Å². The van der Waals surface area contributed by atoms with Gasteiger partial charge in [-0.15, -0.1) is 0 Å². The molecule has 14 heteroatoms. The predicted molar refractivity (Wildman–Crippen MR) is 93.5 cm³/mol. The van der Waals surface area contributed by atoms with E-state index < -0.39 is 42.2 Å². The Kier molecular flexibility index (Phi) is 9.42. The molecule has 0 aromatic rings. The molecule has 0 aromatic carbocycles. The second kappa shape index (κ2) is 11.6. The minimum Gasteiger partial charge on any atom is -0.350 e. The van der Waals surface area contributed by atoms with Gasteiger partial charge in [-0.25, -0.2) is 4.79 Å². The molecule has 1 rings (SSSR count). The molecule has 13 nitrogen and oxygen atoms in total. The first-order valence-corrected chi connectivity index (χ1v) is 8.82. The van der Waals surface area contributed by atoms with Crippen molar-refractivity contribution in [3.63, 3.8) is 0 Å². The van der Waals surface area contributed by atoms with Crippen molar-refractivity contribution in [2.75, 3.05) is 31.9 Å². The monoisotopic (exact) mass is 403 g/mol. The highest BCUT2D eigenvalue weighted by molar-refractivity contribution is 7.97. The molecular formula is C13H21N7O6S. The van der Waals surface area contributed by atoms with E-state index in [2.05, 4.69) is 32.0 Å². The fourth-order valence-corrected chi connectivity index (χ4v) is 2.61. The molecule has 1 fully saturated rings. The van der Waals surface area contributed by atoms with Gasteiger partial charge < -0.3 is 26.6 Å². The van der Waals surface area contributed by atoms with Crippen LogP contribution in [0.25, 0.3) is 0 Å². The van der Waals surface area contributed by atoms with Gasteiger partial charge in [-0.1, -0.05) is 0 Å². The predicted octanol–water partition coefficient (Wildman–Crippen LogP) is -3.83. The van der Waals surface area contributed by atoms with E-state index in [1.807, 2.05) is 0 Å². The van der Waals surface area contributed by atoms with Crippen molar-refractivity contribution in [2.45, 2.75) is 13.0 Å². The van der Waals surface area contributed by atoms with Crippen LogP contribution in [0.15, 0.2) is 0 Å². The van der Waals surface area contributed by atoms with E-state index in [4.69, 9.17) is 0 Å². The molecule has 1 unspecified atom stereocenters. The Morgan fingerprint density at radius 2 is 1.74 bits per heavy atom. The molecule has 0 radical (unpaired) electrons. The Bertz CT molecular complexity index is 602. The quantitative estimate of drug-likeness (QED) is 0.169. The number of nitrogens with one attached hydrogen (secondary N) is 6. The lowest BCUT2D eigenvalue weighted by molar-refractivity contribution is -0.131. The molecule has 150 valence electrons. The van der Waals surface area contributed by atoms with Gasteiger partial charge in [0.1, 0.15) is 6.04 Å². The summed E-state index contributed by atoms with van der Waals surface area (Å²) in [5.74, 6) is -2.20. The van der Waals surface area contributed by atoms with E-state index in [-0.39, 0.29) is 18.8 Å². The zero-order valence-corrected chi connectivity index (χ0v) is 15.3. The average Bonchev–Trinajstić information content (AvgIpc) is 2.64. The molecule has 0 bridgehead atoms. The van der Waals surface area contributed by atoms with Crippen molar-refractivity contribution in [3.8, 4) is 0 Å². The topological polar surface area (TPSA) is 178 Å². The summed E-state index contributed by atoms with van der Waals surface area (Å²) in [6.45, 7) is 1.11. The molecule has 1 heterocycles. The summed E-state index contributed by atoms with van der Waals surface area (Å²) in [5.41, 5.74) is 2.34. The molecule has 0 aliphatic carbocycles. The standard InChI is InChI=1S/C13H21N7O6S/c1-2-15-13(26)20-19-12(25)8(6-27-20)18-11(24)5-17-10(23)4-16-9(22)3-14-7-21/h7-8H,2-6H2,1H3,(H,14,21)(H,15,26)(H,16,22)(H,17,23)(H,18,24)(H,19,25). The minimum atomic E-state index is -0.862. The average molecular weight is 403 g/mol. The van der Waals surface area contributed by atoms with Crippen LogP contribution in [0.4, 0.5) is 4.79 Å². The number of hydrogen-bond donors (Lipinski definition) is 6. The van der Waals surface area contributed by atoms with E-state index in [1.165, 1.54) is 0 Å². The lowest BCUT2D eigenvalue weighted by atomic mass is 10.3. The number of hydrogen-bond acceptors (Lipinski definition) is 7. The number of amides is 7. The molecule has 0 saturated carbocycles. The van der Waals surface area contributed by atoms with Gasteiger partial charge in [0.25, 0.3) is 5.91 Å². The van der Waals surface area contributed by atoms with E-state index in [0.717, 1.165) is 16.4 Å². The van der Waals surface area contributed by atoms with Crippen molar-refractivity contribution < 1.29 is 28.8 Å². The van der Waals surface area contributed by atoms with Crippen LogP contribution < -0.4 is 32.0 Å². The van der Waals surface area contributed by atoms with Crippen LogP contribution in [0.3, 0.4) is 0 Å². The highest BCUT2D eigenvalue weighted by Crippen LogP contribution is 2.14. The Morgan fingerprint density at radius 3 is 2.33 bits per heavy atom. The fraction of sp³-hybridized carbons (Fsp3) is 0.538. The van der Waals surface area contributed by atoms with Gasteiger partial charge in [0, 0.05) is 12.3 Å². The van der Waals surface area contributed by atoms with Crippen molar-refractivity contribution in [3.05, 3.63) is 0 Å². The SMILES string of the molecule is CCNC(=O)N1NC(=O)C(NC(=O)CNC(=O)CNC(=O)CNC=O)CS1. The largest absolute Gasteiger partial charge is 0.350 e. The van der Waals surface area contributed by atoms with Crippen LogP contribution in [0.2, 0.25) is 0 Å². The minimum absolute atomic E-state index is 0.141. The summed E-state index contributed by atoms with van der Waals surface area (Å²) in [6, 6.07) is -1.34. The Balaban J connectivity index is 2.27. The molecule has 1 aliphatic rings. The van der Waals surface area contributed by atoms with E-state index in [0.29, 0.717) is 13.0 Å². The highest BCUT2D eigenvalue weighted by Gasteiger charge is 2.31. The highest BCUT2D eigenvalue weighted by atomic mass is 32.2. The van der Waals surface area contributed by atoms with Gasteiger partial charge in [0.15, 0.2) is 0 Å². The number of carbonyl (C=O) groups is 6. The van der Waals surface area contributed by atoms with Crippen molar-refractivity contribution in [1.29, 1.82) is 0 Å². The molecule has 0 spiro atoms. The Hall–Kier alpha value is -3.03. The normalized spacial score (nSPS) is 15.8. The van der Waals surface area contributed by atoms with Crippen LogP contribution in [0, 0.1) is 0 Å². The van der Waals surface area contributed by atoms with Gasteiger partial charge in [0.2, 0.25) is 24.1 Å². The molecule has 27 heavy (non-hydrogen) atoms. The van der Waals surface area contributed by atoms with Crippen molar-refractivity contribution in [2.24, 2.45) is 0 Å². The molecular weight excluding hydrogens is 382 g/mol. The van der Waals surface area contributed by atoms with Gasteiger partial charge in [-0.3, -0.25) is 29.4 Å². The summed E-state index contributed by atoms with van der Waals surface area (Å²) in [6.07, 6.45) is 0.346. The molecule has 1 aliphatic heterocycles. The molecule has 1 atom stereocenters. The summed E-state index contributed by atoms with van der Waals surface area (Å²) in [7, 11) is 0. The number of rotatable bonds is 9. The van der Waals surface area contributed by atoms with Crippen LogP contribution in [0.1, 0.15) is 6.92 Å². The zero-order chi connectivity index (χ0) is 20.2. The maximum atomic E-state index is 11.9. The summed E-state index contributed by atoms with van der Waals surface area (Å²) in [4.78, 5) is 68.1. The first-order chi connectivity index (χ1) is 12.9. The van der Waals surface area contributed by atoms with Gasteiger partial charge >= 0.3 is 6.03 Å². The Morgan fingerprint density at radius 1 is 1.11 bits per heavy atom. The molecule has 7 amide bonds. The lowest BCUT2D eigenvalue weighted by Crippen LogP contribution is -2.59. The van der Waals surface area contributed by atoms with Gasteiger partial charge in [0.05, 0.1) is 19.6 Å². The van der Waals surface area contributed by atoms with Crippen LogP contribution in [-0.2, 0) is 24.0 Å². The molecule has 6 N–H and O–H groups in total. The maximum absolute atomic E-state index is 11.9. The molecule has 1 saturated heterocycles. The third-order valence-corrected chi connectivity index (χ3v) is 3.98. The van der Waals surface area contributed by atoms with E-state index in [9.17, 15) is 28.8 Å². The first kappa shape index (κ1) is 22.0. The number of carbonyl (C=O) groups excluding carboxylic acids is 6. The van der Waals surface area contributed by atoms with Gasteiger partial charge in [-0.05, 0) is 18.9 Å². The van der Waals surface area contributed by atoms with Crippen LogP contribution >= 0.6 is 11.9 Å². The third kappa shape index (κ3) is 8.26. The second-order valence-electron chi connectivity index (χ2n) is 5.07. The fourth-order valence-electron chi connectivity index (χ4n) is 1.74. The summed E-state index contributed by atoms with van der Waals surface area (Å²) >= 11 is 1.02. The smallest absolute Gasteiger partial charge is 0.346 e. The van der Waals surface area contributed by atoms with Crippen molar-refractivity contribution in [1.82, 2.24) is 36.4 Å². The van der Waals surface area contributed by atoms with Gasteiger partial charge in [-0.2, -0.15) is 4.41 Å². The number of urea groups is 1. The lowest BCUT2D eigenvalue weighted by Gasteiger charge is -2.30. The van der Waals surface area contributed by atoms with E-state index >= 15 is 0 Å². The second-order valence-corrected chi connectivity index (χ2v) is 6.03. The van der Waals surface area contributed by atoms with Crippen molar-refractivity contribution >= 4 is 48.0 Å². The zero-order valence-electron chi connectivity index (χ0n) is 14.5. The van der Waals surface area contributed by atoms with Crippen LogP contribution in [-0.4, -0.2) is 78.5 Å².